The minimum absolute atomic E-state index is 0.174. The lowest BCUT2D eigenvalue weighted by molar-refractivity contribution is -0.215. The second kappa shape index (κ2) is 6.70. The summed E-state index contributed by atoms with van der Waals surface area (Å²) in [5, 5.41) is 14.0. The molecule has 8 heteroatoms. The molecule has 140 valence electrons. The van der Waals surface area contributed by atoms with Crippen LogP contribution in [0.1, 0.15) is 28.6 Å². The summed E-state index contributed by atoms with van der Waals surface area (Å²) in [6, 6.07) is 14.3. The van der Waals surface area contributed by atoms with Gasteiger partial charge in [-0.2, -0.15) is 5.10 Å². The Kier molecular flexibility index (Phi) is 4.35. The summed E-state index contributed by atoms with van der Waals surface area (Å²) in [4.78, 5) is 6.35. The van der Waals surface area contributed by atoms with Gasteiger partial charge in [-0.25, -0.2) is 0 Å². The van der Waals surface area contributed by atoms with Crippen molar-refractivity contribution in [3.63, 3.8) is 0 Å². The topological polar surface area (TPSA) is 54.2 Å². The summed E-state index contributed by atoms with van der Waals surface area (Å²) < 4.78 is 39.4. The van der Waals surface area contributed by atoms with E-state index in [-0.39, 0.29) is 15.9 Å². The number of rotatable bonds is 3. The lowest BCUT2D eigenvalue weighted by atomic mass is 9.94. The summed E-state index contributed by atoms with van der Waals surface area (Å²) in [5.41, 5.74) is 2.04. The first-order valence-electron chi connectivity index (χ1n) is 8.52. The first-order chi connectivity index (χ1) is 12.9. The van der Waals surface area contributed by atoms with Gasteiger partial charge in [0.15, 0.2) is 0 Å². The standard InChI is InChI=1S/C19H17F3N4O/c20-19(21,22)26-18(27)16-14(24-26)9-11-25(12-13-6-2-1-3-7-13)17(16)15-8-4-5-10-23-15/h1-8,10,17,27H,9,11-12H2. The smallest absolute Gasteiger partial charge is 0.493 e. The van der Waals surface area contributed by atoms with Crippen LogP contribution in [0.3, 0.4) is 0 Å². The van der Waals surface area contributed by atoms with E-state index in [4.69, 9.17) is 0 Å². The van der Waals surface area contributed by atoms with Crippen LogP contribution in [-0.4, -0.2) is 31.3 Å². The van der Waals surface area contributed by atoms with E-state index in [1.807, 2.05) is 35.2 Å². The van der Waals surface area contributed by atoms with Crippen LogP contribution in [0.4, 0.5) is 13.2 Å². The fourth-order valence-electron chi connectivity index (χ4n) is 3.53. The van der Waals surface area contributed by atoms with Crippen LogP contribution in [0.25, 0.3) is 0 Å². The molecule has 1 aromatic carbocycles. The molecule has 0 saturated carbocycles. The van der Waals surface area contributed by atoms with E-state index in [1.54, 1.807) is 24.4 Å². The van der Waals surface area contributed by atoms with Crippen LogP contribution in [0.5, 0.6) is 5.88 Å². The summed E-state index contributed by atoms with van der Waals surface area (Å²) in [6.45, 7) is 1.04. The Morgan fingerprint density at radius 2 is 1.81 bits per heavy atom. The third-order valence-electron chi connectivity index (χ3n) is 4.68. The molecule has 1 unspecified atom stereocenters. The highest BCUT2D eigenvalue weighted by atomic mass is 19.4. The van der Waals surface area contributed by atoms with Gasteiger partial charge in [0.05, 0.1) is 23.0 Å². The van der Waals surface area contributed by atoms with Crippen LogP contribution in [0.15, 0.2) is 54.7 Å². The predicted octanol–water partition coefficient (Wildman–Crippen LogP) is 3.61. The molecule has 0 spiro atoms. The van der Waals surface area contributed by atoms with Gasteiger partial charge in [0.1, 0.15) is 0 Å². The van der Waals surface area contributed by atoms with Gasteiger partial charge >= 0.3 is 6.30 Å². The SMILES string of the molecule is Oc1c2c(nn1C(F)(F)F)CCN(Cc1ccccc1)C2c1ccccn1. The van der Waals surface area contributed by atoms with Gasteiger partial charge in [-0.05, 0) is 17.7 Å². The fourth-order valence-corrected chi connectivity index (χ4v) is 3.53. The van der Waals surface area contributed by atoms with Crippen molar-refractivity contribution in [2.45, 2.75) is 25.3 Å². The van der Waals surface area contributed by atoms with Crippen LogP contribution in [-0.2, 0) is 19.3 Å². The number of aromatic nitrogens is 3. The van der Waals surface area contributed by atoms with Crippen molar-refractivity contribution in [1.82, 2.24) is 19.7 Å². The largest absolute Gasteiger partial charge is 0.507 e. The third kappa shape index (κ3) is 3.28. The quantitative estimate of drug-likeness (QED) is 0.761. The van der Waals surface area contributed by atoms with Crippen molar-refractivity contribution in [2.75, 3.05) is 6.54 Å². The molecule has 1 aliphatic rings. The molecule has 3 heterocycles. The summed E-state index contributed by atoms with van der Waals surface area (Å²) in [7, 11) is 0. The molecular formula is C19H17F3N4O. The number of halogens is 3. The highest BCUT2D eigenvalue weighted by molar-refractivity contribution is 5.41. The number of fused-ring (bicyclic) bond motifs is 1. The molecule has 1 atom stereocenters. The highest BCUT2D eigenvalue weighted by Gasteiger charge is 2.42. The maximum atomic E-state index is 13.2. The van der Waals surface area contributed by atoms with E-state index in [2.05, 4.69) is 10.1 Å². The van der Waals surface area contributed by atoms with Gasteiger partial charge in [0.2, 0.25) is 5.88 Å². The number of benzene rings is 1. The van der Waals surface area contributed by atoms with Gasteiger partial charge in [-0.3, -0.25) is 9.88 Å². The molecular weight excluding hydrogens is 357 g/mol. The maximum Gasteiger partial charge on any atom is 0.507 e. The van der Waals surface area contributed by atoms with Crippen LogP contribution >= 0.6 is 0 Å². The van der Waals surface area contributed by atoms with Gasteiger partial charge in [-0.15, -0.1) is 17.9 Å². The molecule has 1 aliphatic heterocycles. The van der Waals surface area contributed by atoms with E-state index in [9.17, 15) is 18.3 Å². The van der Waals surface area contributed by atoms with E-state index < -0.39 is 18.2 Å². The van der Waals surface area contributed by atoms with Gasteiger partial charge < -0.3 is 5.11 Å². The number of nitrogens with zero attached hydrogens (tertiary/aromatic N) is 4. The monoisotopic (exact) mass is 374 g/mol. The van der Waals surface area contributed by atoms with E-state index >= 15 is 0 Å². The lowest BCUT2D eigenvalue weighted by Gasteiger charge is -2.34. The Morgan fingerprint density at radius 3 is 2.48 bits per heavy atom. The first-order valence-corrected chi connectivity index (χ1v) is 8.52. The van der Waals surface area contributed by atoms with Gasteiger partial charge in [0, 0.05) is 25.7 Å². The van der Waals surface area contributed by atoms with Crippen molar-refractivity contribution in [3.8, 4) is 5.88 Å². The molecule has 5 nitrogen and oxygen atoms in total. The number of alkyl halides is 3. The number of hydrogen-bond acceptors (Lipinski definition) is 4. The summed E-state index contributed by atoms with van der Waals surface area (Å²) in [5.74, 6) is -0.870. The molecule has 4 rings (SSSR count). The minimum Gasteiger partial charge on any atom is -0.493 e. The molecule has 0 bridgehead atoms. The van der Waals surface area contributed by atoms with Crippen molar-refractivity contribution >= 4 is 0 Å². The molecule has 2 aromatic heterocycles. The number of pyridine rings is 1. The van der Waals surface area contributed by atoms with Crippen LogP contribution in [0, 0.1) is 0 Å². The maximum absolute atomic E-state index is 13.2. The third-order valence-corrected chi connectivity index (χ3v) is 4.68. The molecule has 0 radical (unpaired) electrons. The van der Waals surface area contributed by atoms with Crippen molar-refractivity contribution < 1.29 is 18.3 Å². The minimum atomic E-state index is -4.78. The molecule has 0 fully saturated rings. The summed E-state index contributed by atoms with van der Waals surface area (Å²) >= 11 is 0. The van der Waals surface area contributed by atoms with Crippen molar-refractivity contribution in [2.24, 2.45) is 0 Å². The lowest BCUT2D eigenvalue weighted by Crippen LogP contribution is -2.35. The molecule has 0 saturated heterocycles. The zero-order chi connectivity index (χ0) is 19.0. The fraction of sp³-hybridized carbons (Fsp3) is 0.263. The van der Waals surface area contributed by atoms with Crippen molar-refractivity contribution in [3.05, 3.63) is 77.2 Å². The zero-order valence-electron chi connectivity index (χ0n) is 14.3. The normalized spacial score (nSPS) is 17.7. The Balaban J connectivity index is 1.81. The number of hydrogen-bond donors (Lipinski definition) is 1. The Bertz CT molecular complexity index is 925. The predicted molar refractivity (Wildman–Crippen MR) is 91.8 cm³/mol. The van der Waals surface area contributed by atoms with Gasteiger partial charge in [-0.1, -0.05) is 36.4 Å². The molecule has 3 aromatic rings. The second-order valence-corrected chi connectivity index (χ2v) is 6.43. The first kappa shape index (κ1) is 17.5. The van der Waals surface area contributed by atoms with Crippen LogP contribution in [0.2, 0.25) is 0 Å². The zero-order valence-corrected chi connectivity index (χ0v) is 14.3. The Labute approximate surface area is 153 Å². The highest BCUT2D eigenvalue weighted by Crippen LogP contribution is 2.42. The van der Waals surface area contributed by atoms with E-state index in [0.29, 0.717) is 25.2 Å². The number of aromatic hydroxyl groups is 1. The van der Waals surface area contributed by atoms with E-state index in [0.717, 1.165) is 5.56 Å². The van der Waals surface area contributed by atoms with Gasteiger partial charge in [0.25, 0.3) is 0 Å². The summed E-state index contributed by atoms with van der Waals surface area (Å²) in [6.07, 6.45) is -2.86. The Morgan fingerprint density at radius 1 is 1.07 bits per heavy atom. The molecule has 27 heavy (non-hydrogen) atoms. The molecule has 0 aliphatic carbocycles. The van der Waals surface area contributed by atoms with Crippen LogP contribution < -0.4 is 0 Å². The average molecular weight is 374 g/mol. The van der Waals surface area contributed by atoms with Crippen molar-refractivity contribution in [1.29, 1.82) is 0 Å². The molecule has 1 N–H and O–H groups in total. The van der Waals surface area contributed by atoms with E-state index in [1.165, 1.54) is 0 Å². The Hall–Kier alpha value is -2.87. The average Bonchev–Trinajstić information content (AvgIpc) is 3.00. The second-order valence-electron chi connectivity index (χ2n) is 6.43. The molecule has 0 amide bonds.